The molecular weight excluding hydrogens is 166 g/mol. The van der Waals surface area contributed by atoms with E-state index in [1.54, 1.807) is 11.8 Å². The Morgan fingerprint density at radius 1 is 1.17 bits per heavy atom. The van der Waals surface area contributed by atoms with E-state index in [1.165, 1.54) is 10.6 Å². The van der Waals surface area contributed by atoms with Gasteiger partial charge in [-0.25, -0.2) is 0 Å². The summed E-state index contributed by atoms with van der Waals surface area (Å²) in [5, 5.41) is 3.35. The molecule has 0 bridgehead atoms. The zero-order valence-electron chi connectivity index (χ0n) is 7.79. The minimum absolute atomic E-state index is 0.505. The minimum atomic E-state index is 0.505. The molecule has 1 aromatic rings. The van der Waals surface area contributed by atoms with Gasteiger partial charge in [0, 0.05) is 16.6 Å². The molecule has 0 saturated heterocycles. The molecule has 1 nitrogen and oxygen atoms in total. The summed E-state index contributed by atoms with van der Waals surface area (Å²) in [5.74, 6) is 0. The molecule has 0 aliphatic rings. The van der Waals surface area contributed by atoms with E-state index >= 15 is 0 Å². The predicted molar refractivity (Wildman–Crippen MR) is 57.0 cm³/mol. The summed E-state index contributed by atoms with van der Waals surface area (Å²) in [6.45, 7) is 4.28. The smallest absolute Gasteiger partial charge is 0.0342 e. The Balaban J connectivity index is 2.65. The Bertz CT molecular complexity index is 228. The molecule has 0 heterocycles. The molecule has 66 valence electrons. The average molecular weight is 181 g/mol. The SMILES string of the molecule is CSc1ccc(NC(C)C)cc1. The number of nitrogens with one attached hydrogen (secondary N) is 1. The van der Waals surface area contributed by atoms with E-state index in [4.69, 9.17) is 0 Å². The molecule has 0 amide bonds. The Morgan fingerprint density at radius 2 is 1.75 bits per heavy atom. The molecule has 1 N–H and O–H groups in total. The second kappa shape index (κ2) is 4.41. The number of rotatable bonds is 3. The molecule has 0 aliphatic carbocycles. The Kier molecular flexibility index (Phi) is 3.48. The summed E-state index contributed by atoms with van der Waals surface area (Å²) in [7, 11) is 0. The van der Waals surface area contributed by atoms with E-state index < -0.39 is 0 Å². The molecule has 0 atom stereocenters. The lowest BCUT2D eigenvalue weighted by molar-refractivity contribution is 0.899. The zero-order valence-corrected chi connectivity index (χ0v) is 8.61. The predicted octanol–water partition coefficient (Wildman–Crippen LogP) is 3.23. The summed E-state index contributed by atoms with van der Waals surface area (Å²) in [6, 6.07) is 9.01. The monoisotopic (exact) mass is 181 g/mol. The van der Waals surface area contributed by atoms with Gasteiger partial charge in [-0.05, 0) is 44.4 Å². The van der Waals surface area contributed by atoms with Gasteiger partial charge in [0.05, 0.1) is 0 Å². The van der Waals surface area contributed by atoms with Crippen molar-refractivity contribution in [2.24, 2.45) is 0 Å². The summed E-state index contributed by atoms with van der Waals surface area (Å²) in [6.07, 6.45) is 2.09. The standard InChI is InChI=1S/C10H15NS/c1-8(2)11-9-4-6-10(12-3)7-5-9/h4-8,11H,1-3H3. The van der Waals surface area contributed by atoms with E-state index in [0.717, 1.165) is 0 Å². The fraction of sp³-hybridized carbons (Fsp3) is 0.400. The van der Waals surface area contributed by atoms with Gasteiger partial charge < -0.3 is 5.32 Å². The summed E-state index contributed by atoms with van der Waals surface area (Å²) in [4.78, 5) is 1.31. The molecule has 0 saturated carbocycles. The van der Waals surface area contributed by atoms with Crippen molar-refractivity contribution in [3.8, 4) is 0 Å². The third-order valence-corrected chi connectivity index (χ3v) is 2.29. The van der Waals surface area contributed by atoms with Crippen LogP contribution in [-0.4, -0.2) is 12.3 Å². The second-order valence-electron chi connectivity index (χ2n) is 3.03. The topological polar surface area (TPSA) is 12.0 Å². The first kappa shape index (κ1) is 9.46. The Morgan fingerprint density at radius 3 is 2.17 bits per heavy atom. The minimum Gasteiger partial charge on any atom is -0.383 e. The van der Waals surface area contributed by atoms with Gasteiger partial charge in [-0.3, -0.25) is 0 Å². The average Bonchev–Trinajstić information content (AvgIpc) is 2.05. The number of benzene rings is 1. The van der Waals surface area contributed by atoms with Gasteiger partial charge >= 0.3 is 0 Å². The van der Waals surface area contributed by atoms with Crippen LogP contribution in [0.5, 0.6) is 0 Å². The van der Waals surface area contributed by atoms with E-state index in [1.807, 2.05) is 0 Å². The van der Waals surface area contributed by atoms with E-state index in [-0.39, 0.29) is 0 Å². The molecule has 2 heteroatoms. The molecule has 1 rings (SSSR count). The molecule has 0 spiro atoms. The molecule has 0 aliphatic heterocycles. The highest BCUT2D eigenvalue weighted by molar-refractivity contribution is 7.98. The van der Waals surface area contributed by atoms with Crippen LogP contribution in [-0.2, 0) is 0 Å². The van der Waals surface area contributed by atoms with Gasteiger partial charge in [0.1, 0.15) is 0 Å². The normalized spacial score (nSPS) is 10.3. The van der Waals surface area contributed by atoms with Gasteiger partial charge in [-0.1, -0.05) is 0 Å². The first-order valence-corrected chi connectivity index (χ1v) is 5.35. The third-order valence-electron chi connectivity index (χ3n) is 1.55. The second-order valence-corrected chi connectivity index (χ2v) is 3.91. The van der Waals surface area contributed by atoms with E-state index in [2.05, 4.69) is 49.7 Å². The van der Waals surface area contributed by atoms with Crippen molar-refractivity contribution in [3.05, 3.63) is 24.3 Å². The zero-order chi connectivity index (χ0) is 8.97. The van der Waals surface area contributed by atoms with Crippen LogP contribution in [0.2, 0.25) is 0 Å². The molecule has 0 aromatic heterocycles. The van der Waals surface area contributed by atoms with Crippen molar-refractivity contribution >= 4 is 17.4 Å². The third kappa shape index (κ3) is 2.78. The Labute approximate surface area is 78.6 Å². The maximum atomic E-state index is 3.35. The lowest BCUT2D eigenvalue weighted by atomic mass is 10.3. The van der Waals surface area contributed by atoms with Crippen LogP contribution in [0.25, 0.3) is 0 Å². The lowest BCUT2D eigenvalue weighted by Crippen LogP contribution is -2.09. The summed E-state index contributed by atoms with van der Waals surface area (Å²) >= 11 is 1.77. The van der Waals surface area contributed by atoms with Crippen LogP contribution in [0.1, 0.15) is 13.8 Å². The van der Waals surface area contributed by atoms with Crippen LogP contribution in [0.4, 0.5) is 5.69 Å². The summed E-state index contributed by atoms with van der Waals surface area (Å²) < 4.78 is 0. The fourth-order valence-corrected chi connectivity index (χ4v) is 1.43. The molecule has 0 fully saturated rings. The van der Waals surface area contributed by atoms with Crippen molar-refractivity contribution in [1.82, 2.24) is 0 Å². The highest BCUT2D eigenvalue weighted by Crippen LogP contribution is 2.17. The van der Waals surface area contributed by atoms with Crippen molar-refractivity contribution in [3.63, 3.8) is 0 Å². The van der Waals surface area contributed by atoms with Crippen molar-refractivity contribution < 1.29 is 0 Å². The van der Waals surface area contributed by atoms with Crippen LogP contribution >= 0.6 is 11.8 Å². The first-order chi connectivity index (χ1) is 5.72. The first-order valence-electron chi connectivity index (χ1n) is 4.13. The van der Waals surface area contributed by atoms with Crippen LogP contribution < -0.4 is 5.32 Å². The highest BCUT2D eigenvalue weighted by Gasteiger charge is 1.94. The van der Waals surface area contributed by atoms with Gasteiger partial charge in [-0.15, -0.1) is 11.8 Å². The van der Waals surface area contributed by atoms with Gasteiger partial charge in [0.25, 0.3) is 0 Å². The van der Waals surface area contributed by atoms with Gasteiger partial charge in [0.2, 0.25) is 0 Å². The van der Waals surface area contributed by atoms with Crippen molar-refractivity contribution in [2.45, 2.75) is 24.8 Å². The summed E-state index contributed by atoms with van der Waals surface area (Å²) in [5.41, 5.74) is 1.20. The quantitative estimate of drug-likeness (QED) is 0.718. The molecular formula is C10H15NS. The number of thioether (sulfide) groups is 1. The number of anilines is 1. The Hall–Kier alpha value is -0.630. The fourth-order valence-electron chi connectivity index (χ4n) is 1.02. The van der Waals surface area contributed by atoms with Gasteiger partial charge in [0.15, 0.2) is 0 Å². The van der Waals surface area contributed by atoms with Crippen LogP contribution in [0.15, 0.2) is 29.2 Å². The van der Waals surface area contributed by atoms with Crippen LogP contribution in [0.3, 0.4) is 0 Å². The molecule has 1 aromatic carbocycles. The molecule has 12 heavy (non-hydrogen) atoms. The maximum absolute atomic E-state index is 3.35. The van der Waals surface area contributed by atoms with E-state index in [0.29, 0.717) is 6.04 Å². The van der Waals surface area contributed by atoms with Crippen LogP contribution in [0, 0.1) is 0 Å². The lowest BCUT2D eigenvalue weighted by Gasteiger charge is -2.09. The number of hydrogen-bond acceptors (Lipinski definition) is 2. The largest absolute Gasteiger partial charge is 0.383 e. The van der Waals surface area contributed by atoms with Crippen molar-refractivity contribution in [2.75, 3.05) is 11.6 Å². The highest BCUT2D eigenvalue weighted by atomic mass is 32.2. The maximum Gasteiger partial charge on any atom is 0.0342 e. The van der Waals surface area contributed by atoms with Gasteiger partial charge in [-0.2, -0.15) is 0 Å². The van der Waals surface area contributed by atoms with Crippen molar-refractivity contribution in [1.29, 1.82) is 0 Å². The number of hydrogen-bond donors (Lipinski definition) is 1. The molecule has 0 radical (unpaired) electrons. The molecule has 0 unspecified atom stereocenters. The van der Waals surface area contributed by atoms with E-state index in [9.17, 15) is 0 Å².